The van der Waals surface area contributed by atoms with Crippen LogP contribution in [0.1, 0.15) is 0 Å². The summed E-state index contributed by atoms with van der Waals surface area (Å²) in [5, 5.41) is 0. The van der Waals surface area contributed by atoms with Crippen LogP contribution in [0, 0.1) is 0 Å². The summed E-state index contributed by atoms with van der Waals surface area (Å²) in [5.74, 6) is 0. The molecule has 0 aliphatic heterocycles. The number of hydrogen-bond donors (Lipinski definition) is 0. The fraction of sp³-hybridized carbons (Fsp3) is 1.00. The Labute approximate surface area is 84.9 Å². The van der Waals surface area contributed by atoms with E-state index in [9.17, 15) is 0 Å². The molecule has 1 radical (unpaired) electrons. The number of halogens is 1. The van der Waals surface area contributed by atoms with Gasteiger partial charge in [0.05, 0.1) is 0 Å². The minimum atomic E-state index is -2.16. The standard InChI is InChI=1S/3C2H6N.HI.Sb/c3*1-3-2;;/h3*1-2H3;1H;/q3*-1;;+4/p-1. The zero-order valence-electron chi connectivity index (χ0n) is 8.17. The van der Waals surface area contributed by atoms with Gasteiger partial charge in [-0.2, -0.15) is 0 Å². The van der Waals surface area contributed by atoms with Crippen LogP contribution in [-0.4, -0.2) is 67.1 Å². The van der Waals surface area contributed by atoms with Gasteiger partial charge in [0.15, 0.2) is 0 Å². The maximum atomic E-state index is 2.62. The Morgan fingerprint density at radius 3 is 0.909 bits per heavy atom. The van der Waals surface area contributed by atoms with Crippen LogP contribution in [0.15, 0.2) is 0 Å². The van der Waals surface area contributed by atoms with Crippen LogP contribution >= 0.6 is 18.5 Å². The van der Waals surface area contributed by atoms with Crippen molar-refractivity contribution in [2.45, 2.75) is 0 Å². The zero-order valence-corrected chi connectivity index (χ0v) is 12.9. The summed E-state index contributed by atoms with van der Waals surface area (Å²) in [4.78, 5) is 0. The normalized spacial score (nSPS) is 13.6. The van der Waals surface area contributed by atoms with Crippen molar-refractivity contribution in [3.05, 3.63) is 0 Å². The molecule has 0 saturated carbocycles. The van der Waals surface area contributed by atoms with Crippen molar-refractivity contribution in [2.24, 2.45) is 0 Å². The van der Waals surface area contributed by atoms with Gasteiger partial charge in [0.2, 0.25) is 0 Å². The van der Waals surface area contributed by atoms with E-state index in [2.05, 4.69) is 70.0 Å². The predicted molar refractivity (Wildman–Crippen MR) is 60.8 cm³/mol. The Bertz CT molecular complexity index is 105. The van der Waals surface area contributed by atoms with Crippen LogP contribution < -0.4 is 0 Å². The molecular formula is C6H18IN3Sb. The molecule has 0 rings (SSSR count). The molecule has 69 valence electrons. The third-order valence-corrected chi connectivity index (χ3v) is 27.6. The Kier molecular flexibility index (Phi) is 5.20. The summed E-state index contributed by atoms with van der Waals surface area (Å²) in [5.41, 5.74) is 0. The number of nitrogens with zero attached hydrogens (tertiary/aromatic N) is 3. The van der Waals surface area contributed by atoms with Crippen LogP contribution in [0.2, 0.25) is 0 Å². The minimum absolute atomic E-state index is 2.16. The van der Waals surface area contributed by atoms with E-state index in [1.165, 1.54) is 0 Å². The van der Waals surface area contributed by atoms with E-state index in [-0.39, 0.29) is 0 Å². The van der Waals surface area contributed by atoms with Crippen LogP contribution in [-0.2, 0) is 0 Å². The van der Waals surface area contributed by atoms with Crippen LogP contribution in [0.4, 0.5) is 0 Å². The van der Waals surface area contributed by atoms with E-state index in [1.54, 1.807) is 0 Å². The summed E-state index contributed by atoms with van der Waals surface area (Å²) in [6, 6.07) is 0. The van der Waals surface area contributed by atoms with Gasteiger partial charge in [-0.25, -0.2) is 0 Å². The second-order valence-electron chi connectivity index (χ2n) is 3.04. The Morgan fingerprint density at radius 1 is 0.727 bits per heavy atom. The fourth-order valence-electron chi connectivity index (χ4n) is 1.07. The topological polar surface area (TPSA) is 9.72 Å². The van der Waals surface area contributed by atoms with E-state index < -0.39 is 15.6 Å². The van der Waals surface area contributed by atoms with E-state index in [4.69, 9.17) is 0 Å². The Morgan fingerprint density at radius 2 is 0.909 bits per heavy atom. The SMILES string of the molecule is C[N](C)[Sb]([I])([N](C)C)[N](C)C. The van der Waals surface area contributed by atoms with Gasteiger partial charge >= 0.3 is 85.6 Å². The molecule has 0 aromatic carbocycles. The van der Waals surface area contributed by atoms with E-state index in [1.807, 2.05) is 0 Å². The predicted octanol–water partition coefficient (Wildman–Crippen LogP) is 0.542. The molecule has 0 atom stereocenters. The molecule has 0 aromatic heterocycles. The third kappa shape index (κ3) is 2.69. The molecule has 0 aromatic rings. The number of hydrogen-bond acceptors (Lipinski definition) is 3. The fourth-order valence-corrected chi connectivity index (χ4v) is 7.20. The first-order chi connectivity index (χ1) is 4.83. The van der Waals surface area contributed by atoms with Crippen molar-refractivity contribution in [3.63, 3.8) is 0 Å². The van der Waals surface area contributed by atoms with E-state index >= 15 is 0 Å². The molecule has 0 N–H and O–H groups in total. The molecule has 5 heteroatoms. The van der Waals surface area contributed by atoms with Crippen LogP contribution in [0.25, 0.3) is 0 Å². The maximum absolute atomic E-state index is 2.62. The van der Waals surface area contributed by atoms with Crippen molar-refractivity contribution in [1.82, 2.24) is 9.18 Å². The van der Waals surface area contributed by atoms with Crippen LogP contribution in [0.5, 0.6) is 0 Å². The van der Waals surface area contributed by atoms with Crippen molar-refractivity contribution in [2.75, 3.05) is 42.3 Å². The zero-order chi connectivity index (χ0) is 9.23. The summed E-state index contributed by atoms with van der Waals surface area (Å²) in [7, 11) is 13.0. The van der Waals surface area contributed by atoms with Gasteiger partial charge in [0.25, 0.3) is 0 Å². The molecular weight excluding hydrogens is 363 g/mol. The molecule has 0 aliphatic rings. The summed E-state index contributed by atoms with van der Waals surface area (Å²) >= 11 is 0.459. The molecule has 0 unspecified atom stereocenters. The number of rotatable bonds is 3. The molecule has 0 amide bonds. The van der Waals surface area contributed by atoms with E-state index in [0.29, 0.717) is 0 Å². The molecule has 0 fully saturated rings. The van der Waals surface area contributed by atoms with Gasteiger partial charge in [-0.15, -0.1) is 0 Å². The van der Waals surface area contributed by atoms with E-state index in [0.717, 1.165) is 0 Å². The van der Waals surface area contributed by atoms with Gasteiger partial charge in [-0.3, -0.25) is 0 Å². The quantitative estimate of drug-likeness (QED) is 0.523. The van der Waals surface area contributed by atoms with Crippen molar-refractivity contribution >= 4 is 34.1 Å². The first-order valence-electron chi connectivity index (χ1n) is 3.45. The first kappa shape index (κ1) is 12.4. The molecule has 0 saturated heterocycles. The third-order valence-electron chi connectivity index (χ3n) is 1.53. The summed E-state index contributed by atoms with van der Waals surface area (Å²) in [6.45, 7) is 0. The molecule has 3 nitrogen and oxygen atoms in total. The van der Waals surface area contributed by atoms with Gasteiger partial charge in [0, 0.05) is 0 Å². The monoisotopic (exact) mass is 380 g/mol. The average Bonchev–Trinajstić information content (AvgIpc) is 1.84. The van der Waals surface area contributed by atoms with Crippen LogP contribution in [0.3, 0.4) is 0 Å². The van der Waals surface area contributed by atoms with Crippen molar-refractivity contribution in [3.8, 4) is 0 Å². The van der Waals surface area contributed by atoms with Gasteiger partial charge < -0.3 is 0 Å². The summed E-state index contributed by atoms with van der Waals surface area (Å²) < 4.78 is 7.12. The van der Waals surface area contributed by atoms with Gasteiger partial charge in [-0.05, 0) is 0 Å². The molecule has 11 heavy (non-hydrogen) atoms. The molecule has 0 bridgehead atoms. The summed E-state index contributed by atoms with van der Waals surface area (Å²) in [6.07, 6.45) is 0. The van der Waals surface area contributed by atoms with Crippen molar-refractivity contribution in [1.29, 1.82) is 0 Å². The van der Waals surface area contributed by atoms with Crippen molar-refractivity contribution < 1.29 is 0 Å². The van der Waals surface area contributed by atoms with Gasteiger partial charge in [-0.1, -0.05) is 0 Å². The average molecular weight is 381 g/mol. The Hall–Kier alpha value is 1.43. The molecule has 0 aliphatic carbocycles. The Balaban J connectivity index is 4.53. The van der Waals surface area contributed by atoms with Gasteiger partial charge in [0.1, 0.15) is 0 Å². The molecule has 0 heterocycles. The second-order valence-corrected chi connectivity index (χ2v) is 21.4. The molecule has 0 spiro atoms. The first-order valence-corrected chi connectivity index (χ1v) is 14.3. The second kappa shape index (κ2) is 4.60.